The lowest BCUT2D eigenvalue weighted by Gasteiger charge is -2.01. The van der Waals surface area contributed by atoms with E-state index in [2.05, 4.69) is 22.5 Å². The third-order valence-corrected chi connectivity index (χ3v) is 3.19. The summed E-state index contributed by atoms with van der Waals surface area (Å²) < 4.78 is 1.23. The molecule has 3 heteroatoms. The highest BCUT2D eigenvalue weighted by molar-refractivity contribution is 7.17. The first kappa shape index (κ1) is 9.13. The van der Waals surface area contributed by atoms with Gasteiger partial charge in [0, 0.05) is 4.70 Å². The zero-order chi connectivity index (χ0) is 9.97. The third-order valence-electron chi connectivity index (χ3n) is 2.21. The number of aliphatic imine (C=N–C) groups is 1. The molecule has 0 aliphatic rings. The first-order valence-electron chi connectivity index (χ1n) is 4.36. The second kappa shape index (κ2) is 3.74. The van der Waals surface area contributed by atoms with Crippen molar-refractivity contribution in [2.75, 3.05) is 0 Å². The van der Waals surface area contributed by atoms with Crippen molar-refractivity contribution in [3.05, 3.63) is 35.2 Å². The molecule has 1 aromatic carbocycles. The van der Waals surface area contributed by atoms with Crippen LogP contribution in [0.3, 0.4) is 0 Å². The van der Waals surface area contributed by atoms with Crippen molar-refractivity contribution in [2.24, 2.45) is 4.99 Å². The number of hydrogen-bond donors (Lipinski definition) is 0. The van der Waals surface area contributed by atoms with Gasteiger partial charge in [0.2, 0.25) is 6.08 Å². The first-order chi connectivity index (χ1) is 6.83. The summed E-state index contributed by atoms with van der Waals surface area (Å²) in [6.07, 6.45) is 1.60. The van der Waals surface area contributed by atoms with Crippen LogP contribution in [0.25, 0.3) is 10.1 Å². The van der Waals surface area contributed by atoms with Crippen molar-refractivity contribution >= 4 is 27.5 Å². The zero-order valence-electron chi connectivity index (χ0n) is 7.73. The van der Waals surface area contributed by atoms with E-state index >= 15 is 0 Å². The molecular formula is C11H9NOS. The standard InChI is InChI=1S/C11H9NOS/c1-8(12-7-13)10-6-14-11-5-3-2-4-9(10)11/h2-6,8H,1H3. The van der Waals surface area contributed by atoms with Gasteiger partial charge in [0.1, 0.15) is 0 Å². The molecule has 1 heterocycles. The molecule has 0 aliphatic heterocycles. The molecule has 70 valence electrons. The van der Waals surface area contributed by atoms with E-state index in [-0.39, 0.29) is 6.04 Å². The van der Waals surface area contributed by atoms with Gasteiger partial charge in [0.05, 0.1) is 6.04 Å². The van der Waals surface area contributed by atoms with Gasteiger partial charge in [-0.25, -0.2) is 4.79 Å². The second-order valence-electron chi connectivity index (χ2n) is 3.08. The molecule has 14 heavy (non-hydrogen) atoms. The van der Waals surface area contributed by atoms with Gasteiger partial charge in [0.25, 0.3) is 0 Å². The molecule has 2 aromatic rings. The van der Waals surface area contributed by atoms with Gasteiger partial charge in [-0.1, -0.05) is 18.2 Å². The lowest BCUT2D eigenvalue weighted by atomic mass is 10.1. The number of carbonyl (C=O) groups excluding carboxylic acids is 1. The summed E-state index contributed by atoms with van der Waals surface area (Å²) >= 11 is 1.68. The number of nitrogens with zero attached hydrogens (tertiary/aromatic N) is 1. The Morgan fingerprint density at radius 3 is 3.00 bits per heavy atom. The largest absolute Gasteiger partial charge is 0.235 e. The minimum absolute atomic E-state index is 0.0938. The van der Waals surface area contributed by atoms with E-state index in [1.807, 2.05) is 19.1 Å². The van der Waals surface area contributed by atoms with E-state index in [0.717, 1.165) is 5.56 Å². The number of hydrogen-bond acceptors (Lipinski definition) is 3. The van der Waals surface area contributed by atoms with Crippen LogP contribution >= 0.6 is 11.3 Å². The predicted molar refractivity (Wildman–Crippen MR) is 58.4 cm³/mol. The molecule has 0 spiro atoms. The highest BCUT2D eigenvalue weighted by atomic mass is 32.1. The quantitative estimate of drug-likeness (QED) is 0.544. The van der Waals surface area contributed by atoms with Gasteiger partial charge < -0.3 is 0 Å². The molecular weight excluding hydrogens is 194 g/mol. The average molecular weight is 203 g/mol. The van der Waals surface area contributed by atoms with Crippen molar-refractivity contribution in [2.45, 2.75) is 13.0 Å². The average Bonchev–Trinajstić information content (AvgIpc) is 2.61. The Balaban J connectivity index is 2.57. The van der Waals surface area contributed by atoms with Crippen LogP contribution in [0.4, 0.5) is 0 Å². The lowest BCUT2D eigenvalue weighted by Crippen LogP contribution is -1.85. The summed E-state index contributed by atoms with van der Waals surface area (Å²) in [7, 11) is 0. The lowest BCUT2D eigenvalue weighted by molar-refractivity contribution is 0.560. The van der Waals surface area contributed by atoms with Crippen LogP contribution in [0.5, 0.6) is 0 Å². The van der Waals surface area contributed by atoms with E-state index in [1.165, 1.54) is 10.1 Å². The van der Waals surface area contributed by atoms with E-state index in [0.29, 0.717) is 0 Å². The van der Waals surface area contributed by atoms with Crippen molar-refractivity contribution < 1.29 is 4.79 Å². The summed E-state index contributed by atoms with van der Waals surface area (Å²) in [5, 5.41) is 3.24. The molecule has 0 N–H and O–H groups in total. The monoisotopic (exact) mass is 203 g/mol. The van der Waals surface area contributed by atoms with Crippen LogP contribution < -0.4 is 0 Å². The Morgan fingerprint density at radius 2 is 2.21 bits per heavy atom. The molecule has 0 saturated heterocycles. The van der Waals surface area contributed by atoms with E-state index < -0.39 is 0 Å². The van der Waals surface area contributed by atoms with Gasteiger partial charge in [0.15, 0.2) is 0 Å². The molecule has 0 amide bonds. The van der Waals surface area contributed by atoms with Crippen molar-refractivity contribution in [1.29, 1.82) is 0 Å². The molecule has 2 nitrogen and oxygen atoms in total. The Bertz CT molecular complexity index is 497. The molecule has 0 fully saturated rings. The maximum absolute atomic E-state index is 10.2. The summed E-state index contributed by atoms with van der Waals surface area (Å²) in [6, 6.07) is 8.04. The Labute approximate surface area is 85.9 Å². The third kappa shape index (κ3) is 1.48. The van der Waals surface area contributed by atoms with Crippen LogP contribution in [-0.4, -0.2) is 6.08 Å². The summed E-state index contributed by atoms with van der Waals surface area (Å²) in [5.74, 6) is 0. The van der Waals surface area contributed by atoms with Crippen LogP contribution in [0, 0.1) is 0 Å². The number of benzene rings is 1. The normalized spacial score (nSPS) is 12.4. The van der Waals surface area contributed by atoms with Crippen LogP contribution in [0.2, 0.25) is 0 Å². The van der Waals surface area contributed by atoms with Gasteiger partial charge in [-0.15, -0.1) is 11.3 Å². The van der Waals surface area contributed by atoms with Crippen LogP contribution in [0.15, 0.2) is 34.6 Å². The maximum atomic E-state index is 10.2. The van der Waals surface area contributed by atoms with Gasteiger partial charge in [-0.05, 0) is 29.3 Å². The SMILES string of the molecule is CC(N=C=O)c1csc2ccccc12. The van der Waals surface area contributed by atoms with Crippen LogP contribution in [0.1, 0.15) is 18.5 Å². The highest BCUT2D eigenvalue weighted by Gasteiger charge is 2.09. The molecule has 0 saturated carbocycles. The number of isocyanates is 1. The highest BCUT2D eigenvalue weighted by Crippen LogP contribution is 2.31. The summed E-state index contributed by atoms with van der Waals surface area (Å²) in [5.41, 5.74) is 1.11. The minimum Gasteiger partial charge on any atom is -0.211 e. The molecule has 1 unspecified atom stereocenters. The van der Waals surface area contributed by atoms with Crippen molar-refractivity contribution in [1.82, 2.24) is 0 Å². The zero-order valence-corrected chi connectivity index (χ0v) is 8.54. The van der Waals surface area contributed by atoms with Crippen molar-refractivity contribution in [3.63, 3.8) is 0 Å². The molecule has 0 radical (unpaired) electrons. The predicted octanol–water partition coefficient (Wildman–Crippen LogP) is 3.30. The smallest absolute Gasteiger partial charge is 0.211 e. The number of thiophene rings is 1. The van der Waals surface area contributed by atoms with E-state index in [4.69, 9.17) is 0 Å². The first-order valence-corrected chi connectivity index (χ1v) is 5.24. The van der Waals surface area contributed by atoms with Gasteiger partial charge >= 0.3 is 0 Å². The Kier molecular flexibility index (Phi) is 2.44. The molecule has 1 aromatic heterocycles. The van der Waals surface area contributed by atoms with Crippen molar-refractivity contribution in [3.8, 4) is 0 Å². The molecule has 2 rings (SSSR count). The van der Waals surface area contributed by atoms with Gasteiger partial charge in [-0.3, -0.25) is 0 Å². The molecule has 1 atom stereocenters. The number of rotatable bonds is 2. The summed E-state index contributed by atoms with van der Waals surface area (Å²) in [4.78, 5) is 13.9. The topological polar surface area (TPSA) is 29.4 Å². The fraction of sp³-hybridized carbons (Fsp3) is 0.182. The Morgan fingerprint density at radius 1 is 1.43 bits per heavy atom. The fourth-order valence-electron chi connectivity index (χ4n) is 1.47. The van der Waals surface area contributed by atoms with Gasteiger partial charge in [-0.2, -0.15) is 4.99 Å². The van der Waals surface area contributed by atoms with E-state index in [9.17, 15) is 4.79 Å². The van der Waals surface area contributed by atoms with E-state index in [1.54, 1.807) is 17.4 Å². The minimum atomic E-state index is -0.0938. The molecule has 0 bridgehead atoms. The second-order valence-corrected chi connectivity index (χ2v) is 3.99. The summed E-state index contributed by atoms with van der Waals surface area (Å²) in [6.45, 7) is 1.90. The maximum Gasteiger partial charge on any atom is 0.235 e. The fourth-order valence-corrected chi connectivity index (χ4v) is 2.52. The molecule has 0 aliphatic carbocycles. The Hall–Kier alpha value is -1.44. The number of fused-ring (bicyclic) bond motifs is 1. The van der Waals surface area contributed by atoms with Crippen LogP contribution in [-0.2, 0) is 4.79 Å².